The number of halogens is 1. The first kappa shape index (κ1) is 15.8. The molecular formula is C15H19ClN2O3S. The van der Waals surface area contributed by atoms with Crippen molar-refractivity contribution < 1.29 is 14.3 Å². The van der Waals surface area contributed by atoms with Crippen LogP contribution in [0.3, 0.4) is 0 Å². The minimum absolute atomic E-state index is 0.00657. The van der Waals surface area contributed by atoms with E-state index in [1.165, 1.54) is 11.3 Å². The van der Waals surface area contributed by atoms with Gasteiger partial charge in [0.05, 0.1) is 23.7 Å². The second-order valence-electron chi connectivity index (χ2n) is 5.92. The number of hydrogen-bond donors (Lipinski definition) is 0. The second-order valence-corrected chi connectivity index (χ2v) is 7.24. The quantitative estimate of drug-likeness (QED) is 0.786. The molecule has 2 aliphatic heterocycles. The number of amides is 2. The van der Waals surface area contributed by atoms with Crippen LogP contribution in [0.5, 0.6) is 0 Å². The Morgan fingerprint density at radius 2 is 2.14 bits per heavy atom. The molecule has 0 aromatic carbocycles. The van der Waals surface area contributed by atoms with E-state index >= 15 is 0 Å². The smallest absolute Gasteiger partial charge is 0.265 e. The van der Waals surface area contributed by atoms with Crippen LogP contribution in [-0.2, 0) is 9.53 Å². The number of hydrogen-bond acceptors (Lipinski definition) is 4. The Hall–Kier alpha value is -1.11. The fraction of sp³-hybridized carbons (Fsp3) is 0.600. The molecule has 1 spiro atoms. The van der Waals surface area contributed by atoms with Crippen LogP contribution in [0.1, 0.15) is 28.9 Å². The van der Waals surface area contributed by atoms with Gasteiger partial charge >= 0.3 is 0 Å². The minimum Gasteiger partial charge on any atom is -0.372 e. The zero-order valence-corrected chi connectivity index (χ0v) is 14.1. The van der Waals surface area contributed by atoms with Crippen LogP contribution in [0.4, 0.5) is 0 Å². The average molecular weight is 343 g/mol. The summed E-state index contributed by atoms with van der Waals surface area (Å²) in [6.45, 7) is 2.34. The third kappa shape index (κ3) is 3.00. The lowest BCUT2D eigenvalue weighted by molar-refractivity contribution is -0.130. The minimum atomic E-state index is -0.309. The molecule has 2 aliphatic rings. The molecule has 120 valence electrons. The molecule has 1 aromatic rings. The third-order valence-corrected chi connectivity index (χ3v) is 5.78. The summed E-state index contributed by atoms with van der Waals surface area (Å²) in [5, 5.41) is 2.35. The summed E-state index contributed by atoms with van der Waals surface area (Å²) in [6, 6.07) is 1.75. The normalized spacial score (nSPS) is 22.0. The van der Waals surface area contributed by atoms with E-state index in [-0.39, 0.29) is 17.4 Å². The van der Waals surface area contributed by atoms with Gasteiger partial charge in [0.25, 0.3) is 5.91 Å². The van der Waals surface area contributed by atoms with Gasteiger partial charge in [0.2, 0.25) is 5.91 Å². The van der Waals surface area contributed by atoms with Crippen molar-refractivity contribution in [1.29, 1.82) is 0 Å². The number of piperidine rings is 1. The molecule has 0 N–H and O–H groups in total. The van der Waals surface area contributed by atoms with Gasteiger partial charge < -0.3 is 14.5 Å². The highest BCUT2D eigenvalue weighted by molar-refractivity contribution is 7.12. The van der Waals surface area contributed by atoms with Gasteiger partial charge in [0, 0.05) is 26.7 Å². The van der Waals surface area contributed by atoms with Crippen LogP contribution in [0.2, 0.25) is 5.02 Å². The van der Waals surface area contributed by atoms with Crippen molar-refractivity contribution in [2.75, 3.05) is 33.3 Å². The van der Waals surface area contributed by atoms with Crippen molar-refractivity contribution in [2.24, 2.45) is 0 Å². The maximum atomic E-state index is 12.5. The Labute approximate surface area is 138 Å². The number of carbonyl (C=O) groups is 2. The molecule has 0 radical (unpaired) electrons. The standard InChI is InChI=1S/C15H19ClN2O3S/c1-17-10-15(21-8-2-12(17)19)4-6-18(7-5-15)14(20)13-11(16)3-9-22-13/h3,9H,2,4-8,10H2,1H3. The van der Waals surface area contributed by atoms with Crippen LogP contribution in [0.25, 0.3) is 0 Å². The van der Waals surface area contributed by atoms with Crippen molar-refractivity contribution >= 4 is 34.8 Å². The zero-order valence-electron chi connectivity index (χ0n) is 12.5. The van der Waals surface area contributed by atoms with Gasteiger partial charge in [-0.05, 0) is 24.3 Å². The highest BCUT2D eigenvalue weighted by atomic mass is 35.5. The van der Waals surface area contributed by atoms with Crippen molar-refractivity contribution in [2.45, 2.75) is 24.9 Å². The van der Waals surface area contributed by atoms with Gasteiger partial charge in [-0.1, -0.05) is 11.6 Å². The second kappa shape index (κ2) is 6.18. The molecule has 3 heterocycles. The molecule has 2 amide bonds. The third-order valence-electron chi connectivity index (χ3n) is 4.45. The van der Waals surface area contributed by atoms with Crippen LogP contribution >= 0.6 is 22.9 Å². The lowest BCUT2D eigenvalue weighted by Gasteiger charge is -2.42. The van der Waals surface area contributed by atoms with E-state index in [9.17, 15) is 9.59 Å². The number of carbonyl (C=O) groups excluding carboxylic acids is 2. The molecule has 2 saturated heterocycles. The average Bonchev–Trinajstić information content (AvgIpc) is 2.87. The van der Waals surface area contributed by atoms with Gasteiger partial charge in [0.1, 0.15) is 4.88 Å². The maximum Gasteiger partial charge on any atom is 0.265 e. The molecule has 22 heavy (non-hydrogen) atoms. The molecule has 0 saturated carbocycles. The Balaban J connectivity index is 1.66. The molecule has 0 unspecified atom stereocenters. The summed E-state index contributed by atoms with van der Waals surface area (Å²) >= 11 is 7.42. The largest absolute Gasteiger partial charge is 0.372 e. The molecule has 0 atom stereocenters. The maximum absolute atomic E-state index is 12.5. The predicted molar refractivity (Wildman–Crippen MR) is 85.4 cm³/mol. The summed E-state index contributed by atoms with van der Waals surface area (Å²) < 4.78 is 5.99. The van der Waals surface area contributed by atoms with E-state index in [2.05, 4.69) is 0 Å². The van der Waals surface area contributed by atoms with Gasteiger partial charge in [-0.3, -0.25) is 9.59 Å². The van der Waals surface area contributed by atoms with Gasteiger partial charge in [0.15, 0.2) is 0 Å². The van der Waals surface area contributed by atoms with Crippen molar-refractivity contribution in [3.8, 4) is 0 Å². The monoisotopic (exact) mass is 342 g/mol. The summed E-state index contributed by atoms with van der Waals surface area (Å²) in [6.07, 6.45) is 1.93. The van der Waals surface area contributed by atoms with Crippen LogP contribution in [0.15, 0.2) is 11.4 Å². The number of thiophene rings is 1. The Morgan fingerprint density at radius 3 is 2.77 bits per heavy atom. The number of rotatable bonds is 1. The van der Waals surface area contributed by atoms with E-state index in [1.807, 2.05) is 17.3 Å². The highest BCUT2D eigenvalue weighted by Gasteiger charge is 2.40. The number of nitrogens with zero attached hydrogens (tertiary/aromatic N) is 2. The summed E-state index contributed by atoms with van der Waals surface area (Å²) in [4.78, 5) is 28.4. The van der Waals surface area contributed by atoms with E-state index in [0.29, 0.717) is 42.6 Å². The lowest BCUT2D eigenvalue weighted by atomic mass is 9.90. The molecule has 2 fully saturated rings. The summed E-state index contributed by atoms with van der Waals surface area (Å²) in [5.41, 5.74) is -0.309. The number of likely N-dealkylation sites (tertiary alicyclic amines) is 1. The van der Waals surface area contributed by atoms with Gasteiger partial charge in [-0.2, -0.15) is 0 Å². The van der Waals surface area contributed by atoms with E-state index in [4.69, 9.17) is 16.3 Å². The van der Waals surface area contributed by atoms with Crippen LogP contribution < -0.4 is 0 Å². The van der Waals surface area contributed by atoms with Gasteiger partial charge in [-0.25, -0.2) is 0 Å². The Kier molecular flexibility index (Phi) is 4.43. The first-order valence-electron chi connectivity index (χ1n) is 7.41. The molecular weight excluding hydrogens is 324 g/mol. The summed E-state index contributed by atoms with van der Waals surface area (Å²) in [5.74, 6) is 0.119. The SMILES string of the molecule is CN1CC2(CCN(C(=O)c3sccc3Cl)CC2)OCCC1=O. The fourth-order valence-corrected chi connectivity index (χ4v) is 4.22. The lowest BCUT2D eigenvalue weighted by Crippen LogP contribution is -2.52. The molecule has 3 rings (SSSR count). The van der Waals surface area contributed by atoms with E-state index < -0.39 is 0 Å². The van der Waals surface area contributed by atoms with Crippen LogP contribution in [0, 0.1) is 0 Å². The van der Waals surface area contributed by atoms with E-state index in [1.54, 1.807) is 11.0 Å². The van der Waals surface area contributed by atoms with Crippen LogP contribution in [-0.4, -0.2) is 60.5 Å². The zero-order chi connectivity index (χ0) is 15.7. The topological polar surface area (TPSA) is 49.9 Å². The predicted octanol–water partition coefficient (Wildman–Crippen LogP) is 2.26. The molecule has 5 nitrogen and oxygen atoms in total. The van der Waals surface area contributed by atoms with Crippen molar-refractivity contribution in [1.82, 2.24) is 9.80 Å². The molecule has 0 bridgehead atoms. The number of ether oxygens (including phenoxy) is 1. The Morgan fingerprint density at radius 1 is 1.41 bits per heavy atom. The molecule has 1 aromatic heterocycles. The first-order chi connectivity index (χ1) is 10.5. The van der Waals surface area contributed by atoms with Crippen molar-refractivity contribution in [3.63, 3.8) is 0 Å². The molecule has 7 heteroatoms. The van der Waals surface area contributed by atoms with E-state index in [0.717, 1.165) is 12.8 Å². The van der Waals surface area contributed by atoms with Gasteiger partial charge in [-0.15, -0.1) is 11.3 Å². The summed E-state index contributed by atoms with van der Waals surface area (Å²) in [7, 11) is 1.82. The number of likely N-dealkylation sites (N-methyl/N-ethyl adjacent to an activating group) is 1. The Bertz CT molecular complexity index is 581. The molecule has 0 aliphatic carbocycles. The van der Waals surface area contributed by atoms with Crippen molar-refractivity contribution in [3.05, 3.63) is 21.3 Å². The highest BCUT2D eigenvalue weighted by Crippen LogP contribution is 2.31. The fourth-order valence-electron chi connectivity index (χ4n) is 3.12. The first-order valence-corrected chi connectivity index (χ1v) is 8.67.